The number of benzene rings is 1. The highest BCUT2D eigenvalue weighted by Gasteiger charge is 2.33. The molecule has 3 heteroatoms. The molecule has 1 fully saturated rings. The Hall–Kier alpha value is -0.600. The van der Waals surface area contributed by atoms with E-state index in [9.17, 15) is 4.39 Å². The number of nitrogens with one attached hydrogen (secondary N) is 1. The monoisotopic (exact) mass is 213 g/mol. The lowest BCUT2D eigenvalue weighted by atomic mass is 9.96. The second-order valence-electron chi connectivity index (χ2n) is 3.88. The Kier molecular flexibility index (Phi) is 2.75. The Morgan fingerprint density at radius 3 is 3.00 bits per heavy atom. The van der Waals surface area contributed by atoms with E-state index in [0.29, 0.717) is 24.4 Å². The van der Waals surface area contributed by atoms with Crippen LogP contribution in [0.5, 0.6) is 0 Å². The summed E-state index contributed by atoms with van der Waals surface area (Å²) in [5, 5.41) is 3.72. The average Bonchev–Trinajstić information content (AvgIpc) is 2.51. The molecule has 1 unspecified atom stereocenters. The second kappa shape index (κ2) is 3.87. The van der Waals surface area contributed by atoms with Gasteiger partial charge in [0, 0.05) is 18.0 Å². The molecule has 1 heterocycles. The highest BCUT2D eigenvalue weighted by molar-refractivity contribution is 6.30. The molecule has 0 amide bonds. The van der Waals surface area contributed by atoms with E-state index in [-0.39, 0.29) is 0 Å². The van der Waals surface area contributed by atoms with Gasteiger partial charge in [-0.15, -0.1) is 0 Å². The van der Waals surface area contributed by atoms with E-state index < -0.39 is 5.67 Å². The molecule has 1 aliphatic heterocycles. The van der Waals surface area contributed by atoms with Crippen LogP contribution in [-0.4, -0.2) is 18.8 Å². The van der Waals surface area contributed by atoms with E-state index in [4.69, 9.17) is 11.6 Å². The normalized spacial score (nSPS) is 26.7. The summed E-state index contributed by atoms with van der Waals surface area (Å²) in [6, 6.07) is 7.43. The first-order valence-corrected chi connectivity index (χ1v) is 5.20. The fourth-order valence-corrected chi connectivity index (χ4v) is 2.09. The molecular formula is C11H13ClFN. The highest BCUT2D eigenvalue weighted by Crippen LogP contribution is 2.25. The zero-order chi connectivity index (χ0) is 10.0. The molecule has 0 aliphatic carbocycles. The van der Waals surface area contributed by atoms with Gasteiger partial charge in [-0.3, -0.25) is 0 Å². The standard InChI is InChI=1S/C11H13ClFN/c12-10-3-1-2-9(6-10)7-11(13)4-5-14-8-11/h1-3,6,14H,4-5,7-8H2. The Morgan fingerprint density at radius 2 is 2.36 bits per heavy atom. The summed E-state index contributed by atoms with van der Waals surface area (Å²) in [6.45, 7) is 1.23. The Morgan fingerprint density at radius 1 is 1.50 bits per heavy atom. The van der Waals surface area contributed by atoms with E-state index in [0.717, 1.165) is 12.1 Å². The minimum Gasteiger partial charge on any atom is -0.313 e. The van der Waals surface area contributed by atoms with Gasteiger partial charge in [-0.05, 0) is 30.7 Å². The highest BCUT2D eigenvalue weighted by atomic mass is 35.5. The first-order chi connectivity index (χ1) is 6.68. The first-order valence-electron chi connectivity index (χ1n) is 4.82. The van der Waals surface area contributed by atoms with Crippen LogP contribution < -0.4 is 5.32 Å². The van der Waals surface area contributed by atoms with Gasteiger partial charge in [0.05, 0.1) is 0 Å². The lowest BCUT2D eigenvalue weighted by Crippen LogP contribution is -2.28. The quantitative estimate of drug-likeness (QED) is 0.797. The van der Waals surface area contributed by atoms with Gasteiger partial charge < -0.3 is 5.32 Å². The Bertz CT molecular complexity index is 321. The van der Waals surface area contributed by atoms with Crippen LogP contribution in [-0.2, 0) is 6.42 Å². The maximum atomic E-state index is 14.0. The summed E-state index contributed by atoms with van der Waals surface area (Å²) in [6.07, 6.45) is 1.06. The number of rotatable bonds is 2. The van der Waals surface area contributed by atoms with E-state index in [1.54, 1.807) is 0 Å². The van der Waals surface area contributed by atoms with Crippen molar-refractivity contribution in [2.45, 2.75) is 18.5 Å². The lowest BCUT2D eigenvalue weighted by molar-refractivity contribution is 0.190. The topological polar surface area (TPSA) is 12.0 Å². The van der Waals surface area contributed by atoms with Crippen LogP contribution in [0.1, 0.15) is 12.0 Å². The van der Waals surface area contributed by atoms with Crippen molar-refractivity contribution < 1.29 is 4.39 Å². The SMILES string of the molecule is FC1(Cc2cccc(Cl)c2)CCNC1. The smallest absolute Gasteiger partial charge is 0.128 e. The molecule has 0 bridgehead atoms. The fourth-order valence-electron chi connectivity index (χ4n) is 1.88. The fraction of sp³-hybridized carbons (Fsp3) is 0.455. The zero-order valence-electron chi connectivity index (χ0n) is 7.89. The van der Waals surface area contributed by atoms with Crippen molar-refractivity contribution in [2.24, 2.45) is 0 Å². The van der Waals surface area contributed by atoms with E-state index >= 15 is 0 Å². The third-order valence-corrected chi connectivity index (χ3v) is 2.84. The van der Waals surface area contributed by atoms with Gasteiger partial charge in [-0.25, -0.2) is 4.39 Å². The van der Waals surface area contributed by atoms with E-state index in [1.165, 1.54) is 0 Å². The second-order valence-corrected chi connectivity index (χ2v) is 4.32. The molecule has 0 saturated carbocycles. The summed E-state index contributed by atoms with van der Waals surface area (Å²) in [5.74, 6) is 0. The number of hydrogen-bond acceptors (Lipinski definition) is 1. The Balaban J connectivity index is 2.10. The predicted octanol–water partition coefficient (Wildman–Crippen LogP) is 2.58. The third-order valence-electron chi connectivity index (χ3n) is 2.60. The average molecular weight is 214 g/mol. The molecule has 76 valence electrons. The predicted molar refractivity (Wildman–Crippen MR) is 56.5 cm³/mol. The largest absolute Gasteiger partial charge is 0.313 e. The third kappa shape index (κ3) is 2.25. The van der Waals surface area contributed by atoms with Gasteiger partial charge in [0.2, 0.25) is 0 Å². The summed E-state index contributed by atoms with van der Waals surface area (Å²) in [7, 11) is 0. The van der Waals surface area contributed by atoms with Crippen molar-refractivity contribution in [3.8, 4) is 0 Å². The van der Waals surface area contributed by atoms with Gasteiger partial charge >= 0.3 is 0 Å². The van der Waals surface area contributed by atoms with Gasteiger partial charge in [-0.1, -0.05) is 23.7 Å². The van der Waals surface area contributed by atoms with Gasteiger partial charge in [0.15, 0.2) is 0 Å². The van der Waals surface area contributed by atoms with Gasteiger partial charge in [0.1, 0.15) is 5.67 Å². The van der Waals surface area contributed by atoms with Crippen LogP contribution >= 0.6 is 11.6 Å². The summed E-state index contributed by atoms with van der Waals surface area (Å²) in [5.41, 5.74) is -0.103. The van der Waals surface area contributed by atoms with E-state index in [2.05, 4.69) is 5.32 Å². The molecule has 1 aromatic carbocycles. The van der Waals surface area contributed by atoms with Crippen molar-refractivity contribution in [1.82, 2.24) is 5.32 Å². The van der Waals surface area contributed by atoms with Crippen LogP contribution in [0.2, 0.25) is 5.02 Å². The van der Waals surface area contributed by atoms with Crippen LogP contribution in [0.15, 0.2) is 24.3 Å². The minimum atomic E-state index is -1.08. The van der Waals surface area contributed by atoms with Gasteiger partial charge in [-0.2, -0.15) is 0 Å². The Labute approximate surface area is 88.3 Å². The number of hydrogen-bond donors (Lipinski definition) is 1. The summed E-state index contributed by atoms with van der Waals surface area (Å²) < 4.78 is 14.0. The van der Waals surface area contributed by atoms with Crippen LogP contribution in [0.25, 0.3) is 0 Å². The van der Waals surface area contributed by atoms with Crippen molar-refractivity contribution in [2.75, 3.05) is 13.1 Å². The molecule has 1 saturated heterocycles. The van der Waals surface area contributed by atoms with Crippen LogP contribution in [0, 0.1) is 0 Å². The van der Waals surface area contributed by atoms with Crippen molar-refractivity contribution in [1.29, 1.82) is 0 Å². The molecule has 2 rings (SSSR count). The molecule has 1 aromatic rings. The van der Waals surface area contributed by atoms with Gasteiger partial charge in [0.25, 0.3) is 0 Å². The molecule has 0 aromatic heterocycles. The maximum absolute atomic E-state index is 14.0. The molecule has 1 N–H and O–H groups in total. The first kappa shape index (κ1) is 9.94. The summed E-state index contributed by atoms with van der Waals surface area (Å²) >= 11 is 5.84. The molecule has 0 spiro atoms. The van der Waals surface area contributed by atoms with Crippen molar-refractivity contribution in [3.63, 3.8) is 0 Å². The molecule has 14 heavy (non-hydrogen) atoms. The maximum Gasteiger partial charge on any atom is 0.128 e. The molecule has 1 atom stereocenters. The van der Waals surface area contributed by atoms with Crippen molar-refractivity contribution >= 4 is 11.6 Å². The molecular weight excluding hydrogens is 201 g/mol. The van der Waals surface area contributed by atoms with Crippen molar-refractivity contribution in [3.05, 3.63) is 34.9 Å². The number of halogens is 2. The van der Waals surface area contributed by atoms with E-state index in [1.807, 2.05) is 24.3 Å². The van der Waals surface area contributed by atoms with Crippen LogP contribution in [0.3, 0.4) is 0 Å². The molecule has 1 nitrogen and oxygen atoms in total. The lowest BCUT2D eigenvalue weighted by Gasteiger charge is -2.17. The minimum absolute atomic E-state index is 0.458. The zero-order valence-corrected chi connectivity index (χ0v) is 8.65. The molecule has 1 aliphatic rings. The number of alkyl halides is 1. The van der Waals surface area contributed by atoms with Crippen LogP contribution in [0.4, 0.5) is 4.39 Å². The summed E-state index contributed by atoms with van der Waals surface area (Å²) in [4.78, 5) is 0. The molecule has 0 radical (unpaired) electrons.